The minimum absolute atomic E-state index is 0.848. The number of unbranched alkanes of at least 4 members (excludes halogenated alkanes) is 1. The van der Waals surface area contributed by atoms with Gasteiger partial charge in [-0.25, -0.2) is 0 Å². The highest BCUT2D eigenvalue weighted by Crippen LogP contribution is 2.20. The number of methoxy groups -OCH3 is 1. The molecular formula is C15H22N2O. The molecule has 0 saturated heterocycles. The first-order valence-electron chi connectivity index (χ1n) is 6.57. The third kappa shape index (κ3) is 2.92. The van der Waals surface area contributed by atoms with Crippen LogP contribution in [0.2, 0.25) is 0 Å². The van der Waals surface area contributed by atoms with E-state index in [2.05, 4.69) is 40.2 Å². The van der Waals surface area contributed by atoms with Gasteiger partial charge in [0.15, 0.2) is 0 Å². The van der Waals surface area contributed by atoms with Crippen molar-refractivity contribution >= 4 is 10.9 Å². The Morgan fingerprint density at radius 1 is 1.22 bits per heavy atom. The minimum Gasteiger partial charge on any atom is -0.385 e. The average molecular weight is 246 g/mol. The van der Waals surface area contributed by atoms with Crippen molar-refractivity contribution in [1.29, 1.82) is 0 Å². The van der Waals surface area contributed by atoms with E-state index in [1.165, 1.54) is 16.6 Å². The maximum atomic E-state index is 5.10. The van der Waals surface area contributed by atoms with Crippen LogP contribution in [0.5, 0.6) is 0 Å². The number of rotatable bonds is 7. The van der Waals surface area contributed by atoms with Crippen molar-refractivity contribution in [3.63, 3.8) is 0 Å². The highest BCUT2D eigenvalue weighted by atomic mass is 16.5. The van der Waals surface area contributed by atoms with E-state index in [-0.39, 0.29) is 0 Å². The normalized spacial score (nSPS) is 11.2. The Morgan fingerprint density at radius 3 is 2.83 bits per heavy atom. The monoisotopic (exact) mass is 246 g/mol. The van der Waals surface area contributed by atoms with Crippen molar-refractivity contribution in [2.45, 2.75) is 25.9 Å². The zero-order valence-corrected chi connectivity index (χ0v) is 11.3. The van der Waals surface area contributed by atoms with Gasteiger partial charge in [0.05, 0.1) is 0 Å². The molecule has 0 atom stereocenters. The summed E-state index contributed by atoms with van der Waals surface area (Å²) in [4.78, 5) is 0. The quantitative estimate of drug-likeness (QED) is 0.760. The Morgan fingerprint density at radius 2 is 2.06 bits per heavy atom. The summed E-state index contributed by atoms with van der Waals surface area (Å²) < 4.78 is 7.52. The van der Waals surface area contributed by atoms with E-state index in [1.807, 2.05) is 7.05 Å². The number of benzene rings is 1. The predicted octanol–water partition coefficient (Wildman–Crippen LogP) is 2.79. The number of nitrogens with one attached hydrogen (secondary N) is 1. The lowest BCUT2D eigenvalue weighted by Crippen LogP contribution is -2.11. The topological polar surface area (TPSA) is 26.2 Å². The number of fused-ring (bicyclic) bond motifs is 1. The van der Waals surface area contributed by atoms with Gasteiger partial charge in [-0.15, -0.1) is 0 Å². The van der Waals surface area contributed by atoms with Gasteiger partial charge in [-0.1, -0.05) is 18.2 Å². The molecule has 98 valence electrons. The molecule has 1 N–H and O–H groups in total. The molecule has 1 aromatic heterocycles. The number of hydrogen-bond acceptors (Lipinski definition) is 2. The van der Waals surface area contributed by atoms with Gasteiger partial charge in [-0.3, -0.25) is 0 Å². The molecule has 0 aliphatic heterocycles. The SMILES string of the molecule is CNCc1cc2ccccc2n1CCCCOC. The van der Waals surface area contributed by atoms with Crippen LogP contribution >= 0.6 is 0 Å². The molecule has 0 fully saturated rings. The van der Waals surface area contributed by atoms with Gasteiger partial charge in [0, 0.05) is 38.0 Å². The number of nitrogens with zero attached hydrogens (tertiary/aromatic N) is 1. The summed E-state index contributed by atoms with van der Waals surface area (Å²) in [5.74, 6) is 0. The molecule has 1 aromatic carbocycles. The standard InChI is InChI=1S/C15H22N2O/c1-16-12-14-11-13-7-3-4-8-15(13)17(14)9-5-6-10-18-2/h3-4,7-8,11,16H,5-6,9-10,12H2,1-2H3. The predicted molar refractivity (Wildman–Crippen MR) is 75.8 cm³/mol. The second-order valence-corrected chi connectivity index (χ2v) is 4.58. The molecular weight excluding hydrogens is 224 g/mol. The van der Waals surface area contributed by atoms with E-state index in [9.17, 15) is 0 Å². The molecule has 0 unspecified atom stereocenters. The van der Waals surface area contributed by atoms with E-state index >= 15 is 0 Å². The molecule has 0 saturated carbocycles. The number of aromatic nitrogens is 1. The fourth-order valence-electron chi connectivity index (χ4n) is 2.38. The molecule has 0 aliphatic carbocycles. The third-order valence-corrected chi connectivity index (χ3v) is 3.23. The van der Waals surface area contributed by atoms with Gasteiger partial charge >= 0.3 is 0 Å². The maximum Gasteiger partial charge on any atom is 0.0482 e. The second-order valence-electron chi connectivity index (χ2n) is 4.58. The molecule has 0 spiro atoms. The lowest BCUT2D eigenvalue weighted by molar-refractivity contribution is 0.191. The van der Waals surface area contributed by atoms with Crippen molar-refractivity contribution in [3.05, 3.63) is 36.0 Å². The van der Waals surface area contributed by atoms with Crippen LogP contribution in [0, 0.1) is 0 Å². The Labute approximate surface area is 109 Å². The van der Waals surface area contributed by atoms with Gasteiger partial charge in [0.25, 0.3) is 0 Å². The van der Waals surface area contributed by atoms with E-state index in [4.69, 9.17) is 4.74 Å². The summed E-state index contributed by atoms with van der Waals surface area (Å²) in [5, 5.41) is 4.57. The first kappa shape index (κ1) is 13.1. The van der Waals surface area contributed by atoms with Crippen LogP contribution in [0.4, 0.5) is 0 Å². The molecule has 0 bridgehead atoms. The second kappa shape index (κ2) is 6.57. The number of hydrogen-bond donors (Lipinski definition) is 1. The third-order valence-electron chi connectivity index (χ3n) is 3.23. The van der Waals surface area contributed by atoms with Crippen LogP contribution < -0.4 is 5.32 Å². The van der Waals surface area contributed by atoms with Crippen molar-refractivity contribution in [2.75, 3.05) is 20.8 Å². The van der Waals surface area contributed by atoms with Crippen LogP contribution in [-0.4, -0.2) is 25.3 Å². The lowest BCUT2D eigenvalue weighted by atomic mass is 10.2. The van der Waals surface area contributed by atoms with Gasteiger partial charge < -0.3 is 14.6 Å². The molecule has 18 heavy (non-hydrogen) atoms. The Balaban J connectivity index is 2.19. The summed E-state index contributed by atoms with van der Waals surface area (Å²) in [6.07, 6.45) is 2.27. The van der Waals surface area contributed by atoms with Crippen LogP contribution in [0.15, 0.2) is 30.3 Å². The largest absolute Gasteiger partial charge is 0.385 e. The zero-order valence-electron chi connectivity index (χ0n) is 11.3. The van der Waals surface area contributed by atoms with E-state index in [0.717, 1.165) is 32.5 Å². The molecule has 0 amide bonds. The first-order chi connectivity index (χ1) is 8.86. The van der Waals surface area contributed by atoms with Crippen LogP contribution in [0.3, 0.4) is 0 Å². The summed E-state index contributed by atoms with van der Waals surface area (Å²) >= 11 is 0. The smallest absolute Gasteiger partial charge is 0.0482 e. The van der Waals surface area contributed by atoms with E-state index < -0.39 is 0 Å². The van der Waals surface area contributed by atoms with Crippen molar-refractivity contribution in [2.24, 2.45) is 0 Å². The first-order valence-corrected chi connectivity index (χ1v) is 6.57. The summed E-state index contributed by atoms with van der Waals surface area (Å²) in [5.41, 5.74) is 2.69. The highest BCUT2D eigenvalue weighted by Gasteiger charge is 2.07. The lowest BCUT2D eigenvalue weighted by Gasteiger charge is -2.10. The number of ether oxygens (including phenoxy) is 1. The number of aryl methyl sites for hydroxylation is 1. The molecule has 0 radical (unpaired) electrons. The number of para-hydroxylation sites is 1. The van der Waals surface area contributed by atoms with Gasteiger partial charge in [-0.05, 0) is 37.4 Å². The fraction of sp³-hybridized carbons (Fsp3) is 0.467. The molecule has 2 aromatic rings. The molecule has 0 aliphatic rings. The average Bonchev–Trinajstić information content (AvgIpc) is 2.73. The minimum atomic E-state index is 0.848. The summed E-state index contributed by atoms with van der Waals surface area (Å²) in [7, 11) is 3.75. The van der Waals surface area contributed by atoms with Crippen LogP contribution in [0.25, 0.3) is 10.9 Å². The molecule has 2 rings (SSSR count). The molecule has 3 heteroatoms. The van der Waals surface area contributed by atoms with Crippen molar-refractivity contribution in [1.82, 2.24) is 9.88 Å². The van der Waals surface area contributed by atoms with Crippen LogP contribution in [0.1, 0.15) is 18.5 Å². The van der Waals surface area contributed by atoms with Gasteiger partial charge in [0.1, 0.15) is 0 Å². The Hall–Kier alpha value is -1.32. The Kier molecular flexibility index (Phi) is 4.79. The van der Waals surface area contributed by atoms with E-state index in [1.54, 1.807) is 7.11 Å². The maximum absolute atomic E-state index is 5.10. The van der Waals surface area contributed by atoms with Crippen molar-refractivity contribution in [3.8, 4) is 0 Å². The summed E-state index contributed by atoms with van der Waals surface area (Å²) in [6, 6.07) is 10.9. The van der Waals surface area contributed by atoms with Crippen LogP contribution in [-0.2, 0) is 17.8 Å². The molecule has 1 heterocycles. The fourth-order valence-corrected chi connectivity index (χ4v) is 2.38. The van der Waals surface area contributed by atoms with Gasteiger partial charge in [-0.2, -0.15) is 0 Å². The van der Waals surface area contributed by atoms with E-state index in [0.29, 0.717) is 0 Å². The molecule has 3 nitrogen and oxygen atoms in total. The Bertz CT molecular complexity index is 490. The zero-order chi connectivity index (χ0) is 12.8. The van der Waals surface area contributed by atoms with Gasteiger partial charge in [0.2, 0.25) is 0 Å². The summed E-state index contributed by atoms with van der Waals surface area (Å²) in [6.45, 7) is 2.83. The highest BCUT2D eigenvalue weighted by molar-refractivity contribution is 5.81. The van der Waals surface area contributed by atoms with Crippen molar-refractivity contribution < 1.29 is 4.74 Å².